The van der Waals surface area contributed by atoms with Crippen molar-refractivity contribution in [1.82, 2.24) is 0 Å². The van der Waals surface area contributed by atoms with Gasteiger partial charge in [-0.3, -0.25) is 0 Å². The van der Waals surface area contributed by atoms with Gasteiger partial charge in [0, 0.05) is 11.5 Å². The maximum Gasteiger partial charge on any atom is 0.127 e. The van der Waals surface area contributed by atoms with Crippen molar-refractivity contribution in [2.45, 2.75) is 84.2 Å². The molecule has 0 aromatic heterocycles. The van der Waals surface area contributed by atoms with Crippen LogP contribution in [0.4, 0.5) is 0 Å². The Morgan fingerprint density at radius 2 is 2.08 bits per heavy atom. The molecule has 0 saturated carbocycles. The van der Waals surface area contributed by atoms with Crippen LogP contribution in [-0.2, 0) is 6.42 Å². The van der Waals surface area contributed by atoms with Gasteiger partial charge in [0.05, 0.1) is 0 Å². The van der Waals surface area contributed by atoms with Crippen molar-refractivity contribution in [2.75, 3.05) is 0 Å². The van der Waals surface area contributed by atoms with Crippen LogP contribution in [0.5, 0.6) is 11.5 Å². The molecule has 1 heterocycles. The number of hydrogen-bond acceptors (Lipinski definition) is 2. The first kappa shape index (κ1) is 17.4. The van der Waals surface area contributed by atoms with Crippen LogP contribution in [0.1, 0.15) is 83.3 Å². The highest BCUT2D eigenvalue weighted by Gasteiger charge is 2.42. The molecule has 0 saturated heterocycles. The first-order chi connectivity index (χ1) is 11.4. The summed E-state index contributed by atoms with van der Waals surface area (Å²) in [5.74, 6) is 2.16. The van der Waals surface area contributed by atoms with Crippen LogP contribution >= 0.6 is 0 Å². The second-order valence-electron chi connectivity index (χ2n) is 8.19. The van der Waals surface area contributed by atoms with Gasteiger partial charge in [-0.2, -0.15) is 0 Å². The number of ether oxygens (including phenoxy) is 1. The van der Waals surface area contributed by atoms with Crippen molar-refractivity contribution in [2.24, 2.45) is 5.92 Å². The summed E-state index contributed by atoms with van der Waals surface area (Å²) in [7, 11) is 0. The lowest BCUT2D eigenvalue weighted by atomic mass is 9.76. The lowest BCUT2D eigenvalue weighted by molar-refractivity contribution is 0.0515. The predicted molar refractivity (Wildman–Crippen MR) is 99.9 cm³/mol. The van der Waals surface area contributed by atoms with Gasteiger partial charge in [0.15, 0.2) is 0 Å². The topological polar surface area (TPSA) is 29.5 Å². The summed E-state index contributed by atoms with van der Waals surface area (Å²) in [5, 5.41) is 10.8. The fourth-order valence-corrected chi connectivity index (χ4v) is 4.43. The molecule has 2 unspecified atom stereocenters. The van der Waals surface area contributed by atoms with Gasteiger partial charge < -0.3 is 9.84 Å². The molecule has 0 amide bonds. The van der Waals surface area contributed by atoms with E-state index in [9.17, 15) is 5.11 Å². The molecule has 1 aromatic rings. The van der Waals surface area contributed by atoms with Crippen LogP contribution < -0.4 is 4.74 Å². The average molecular weight is 328 g/mol. The molecule has 1 aliphatic heterocycles. The van der Waals surface area contributed by atoms with Crippen molar-refractivity contribution in [3.63, 3.8) is 0 Å². The molecule has 3 rings (SSSR count). The number of allylic oxidation sites excluding steroid dienone is 2. The van der Waals surface area contributed by atoms with E-state index in [1.165, 1.54) is 30.4 Å². The molecule has 1 aromatic carbocycles. The molecule has 132 valence electrons. The standard InChI is InChI=1S/C22H32O2/c1-5-6-7-9-16-12-19(23)21-18-14-22(4,24-20(21)13-16)11-8-10-17(18)15(2)3/h10,12-13,15,18,23H,5-9,11,14H2,1-4H3. The molecule has 1 N–H and O–H groups in total. The Morgan fingerprint density at radius 3 is 2.79 bits per heavy atom. The highest BCUT2D eigenvalue weighted by atomic mass is 16.5. The molecule has 2 heteroatoms. The summed E-state index contributed by atoms with van der Waals surface area (Å²) >= 11 is 0. The molecule has 0 spiro atoms. The predicted octanol–water partition coefficient (Wildman–Crippen LogP) is 6.13. The summed E-state index contributed by atoms with van der Waals surface area (Å²) in [6.45, 7) is 8.99. The fourth-order valence-electron chi connectivity index (χ4n) is 4.43. The van der Waals surface area contributed by atoms with E-state index in [0.717, 1.165) is 37.0 Å². The van der Waals surface area contributed by atoms with Crippen LogP contribution in [0, 0.1) is 5.92 Å². The molecule has 1 aliphatic carbocycles. The molecule has 24 heavy (non-hydrogen) atoms. The number of hydrogen-bond donors (Lipinski definition) is 1. The number of unbranched alkanes of at least 4 members (excludes halogenated alkanes) is 2. The molecular weight excluding hydrogens is 296 g/mol. The fraction of sp³-hybridized carbons (Fsp3) is 0.636. The van der Waals surface area contributed by atoms with Gasteiger partial charge in [0.1, 0.15) is 17.1 Å². The van der Waals surface area contributed by atoms with Gasteiger partial charge >= 0.3 is 0 Å². The second-order valence-corrected chi connectivity index (χ2v) is 8.19. The third kappa shape index (κ3) is 3.34. The molecule has 0 radical (unpaired) electrons. The summed E-state index contributed by atoms with van der Waals surface area (Å²) in [5.41, 5.74) is 3.59. The summed E-state index contributed by atoms with van der Waals surface area (Å²) in [6.07, 6.45) is 10.1. The Labute approximate surface area is 146 Å². The van der Waals surface area contributed by atoms with Crippen LogP contribution in [-0.4, -0.2) is 10.7 Å². The zero-order valence-electron chi connectivity index (χ0n) is 15.7. The normalized spacial score (nSPS) is 25.7. The number of aryl methyl sites for hydroxylation is 1. The van der Waals surface area contributed by atoms with E-state index < -0.39 is 0 Å². The highest BCUT2D eigenvalue weighted by Crippen LogP contribution is 2.52. The number of fused-ring (bicyclic) bond motifs is 4. The third-order valence-corrected chi connectivity index (χ3v) is 5.71. The summed E-state index contributed by atoms with van der Waals surface area (Å²) in [6, 6.07) is 4.17. The number of phenols is 1. The van der Waals surface area contributed by atoms with Crippen LogP contribution in [0.25, 0.3) is 0 Å². The van der Waals surface area contributed by atoms with E-state index in [4.69, 9.17) is 4.74 Å². The van der Waals surface area contributed by atoms with Gasteiger partial charge in [0.2, 0.25) is 0 Å². The number of aromatic hydroxyl groups is 1. The van der Waals surface area contributed by atoms with E-state index >= 15 is 0 Å². The second kappa shape index (κ2) is 6.82. The first-order valence-corrected chi connectivity index (χ1v) is 9.68. The molecular formula is C22H32O2. The average Bonchev–Trinajstić information content (AvgIpc) is 2.63. The molecule has 0 fully saturated rings. The minimum absolute atomic E-state index is 0.112. The monoisotopic (exact) mass is 328 g/mol. The van der Waals surface area contributed by atoms with Gasteiger partial charge in [-0.15, -0.1) is 0 Å². The first-order valence-electron chi connectivity index (χ1n) is 9.68. The van der Waals surface area contributed by atoms with Crippen molar-refractivity contribution in [3.8, 4) is 11.5 Å². The summed E-state index contributed by atoms with van der Waals surface area (Å²) in [4.78, 5) is 0. The van der Waals surface area contributed by atoms with E-state index in [1.54, 1.807) is 0 Å². The van der Waals surface area contributed by atoms with Crippen molar-refractivity contribution >= 4 is 0 Å². The SMILES string of the molecule is CCCCCc1cc(O)c2c(c1)OC1(C)CCC=C(C(C)C)C2C1. The molecule has 2 bridgehead atoms. The van der Waals surface area contributed by atoms with Crippen molar-refractivity contribution < 1.29 is 9.84 Å². The number of benzene rings is 1. The zero-order chi connectivity index (χ0) is 17.3. The number of rotatable bonds is 5. The van der Waals surface area contributed by atoms with Crippen molar-refractivity contribution in [1.29, 1.82) is 0 Å². The highest BCUT2D eigenvalue weighted by molar-refractivity contribution is 5.54. The van der Waals surface area contributed by atoms with E-state index in [0.29, 0.717) is 17.6 Å². The van der Waals surface area contributed by atoms with E-state index in [-0.39, 0.29) is 5.60 Å². The van der Waals surface area contributed by atoms with Crippen LogP contribution in [0.3, 0.4) is 0 Å². The lowest BCUT2D eigenvalue weighted by Crippen LogP contribution is -2.37. The maximum absolute atomic E-state index is 10.8. The van der Waals surface area contributed by atoms with Crippen LogP contribution in [0.2, 0.25) is 0 Å². The molecule has 2 aliphatic rings. The minimum atomic E-state index is -0.112. The van der Waals surface area contributed by atoms with Gasteiger partial charge in [-0.05, 0) is 62.6 Å². The maximum atomic E-state index is 10.8. The number of phenolic OH excluding ortho intramolecular Hbond substituents is 1. The Balaban J connectivity index is 2.00. The minimum Gasteiger partial charge on any atom is -0.507 e. The quantitative estimate of drug-likeness (QED) is 0.520. The van der Waals surface area contributed by atoms with Gasteiger partial charge in [0.25, 0.3) is 0 Å². The van der Waals surface area contributed by atoms with E-state index in [1.807, 2.05) is 6.07 Å². The Morgan fingerprint density at radius 1 is 1.29 bits per heavy atom. The third-order valence-electron chi connectivity index (χ3n) is 5.71. The zero-order valence-corrected chi connectivity index (χ0v) is 15.7. The Hall–Kier alpha value is -1.44. The molecule has 2 nitrogen and oxygen atoms in total. The lowest BCUT2D eigenvalue weighted by Gasteiger charge is -2.40. The van der Waals surface area contributed by atoms with Gasteiger partial charge in [-0.1, -0.05) is 45.3 Å². The van der Waals surface area contributed by atoms with Gasteiger partial charge in [-0.25, -0.2) is 0 Å². The van der Waals surface area contributed by atoms with Crippen LogP contribution in [0.15, 0.2) is 23.8 Å². The Kier molecular flexibility index (Phi) is 4.94. The Bertz CT molecular complexity index is 629. The van der Waals surface area contributed by atoms with E-state index in [2.05, 4.69) is 39.8 Å². The smallest absolute Gasteiger partial charge is 0.127 e. The molecule has 2 atom stereocenters. The van der Waals surface area contributed by atoms with Crippen molar-refractivity contribution in [3.05, 3.63) is 34.9 Å². The summed E-state index contributed by atoms with van der Waals surface area (Å²) < 4.78 is 6.43. The largest absolute Gasteiger partial charge is 0.507 e.